The van der Waals surface area contributed by atoms with Crippen molar-refractivity contribution in [1.29, 1.82) is 0 Å². The van der Waals surface area contributed by atoms with Crippen molar-refractivity contribution in [2.45, 2.75) is 25.2 Å². The molecular weight excluding hydrogens is 200 g/mol. The van der Waals surface area contributed by atoms with Gasteiger partial charge in [0.25, 0.3) is 0 Å². The standard InChI is InChI=1S/C13H14N2O/c1-9-11(16-15-12(9)14)13(7-8-13)10-5-3-2-4-6-10/h2-6H,7-8H2,1H3,(H2,14,15). The SMILES string of the molecule is Cc1c(N)noc1C1(c2ccccc2)CC1. The van der Waals surface area contributed by atoms with Crippen LogP contribution < -0.4 is 5.73 Å². The highest BCUT2D eigenvalue weighted by molar-refractivity contribution is 5.49. The maximum absolute atomic E-state index is 5.74. The van der Waals surface area contributed by atoms with E-state index in [2.05, 4.69) is 29.4 Å². The average Bonchev–Trinajstić information content (AvgIpc) is 3.05. The summed E-state index contributed by atoms with van der Waals surface area (Å²) in [5.41, 5.74) is 8.06. The Balaban J connectivity index is 2.10. The van der Waals surface area contributed by atoms with Crippen LogP contribution in [0.25, 0.3) is 0 Å². The highest BCUT2D eigenvalue weighted by Gasteiger charge is 2.50. The van der Waals surface area contributed by atoms with E-state index in [4.69, 9.17) is 10.3 Å². The zero-order valence-electron chi connectivity index (χ0n) is 9.23. The van der Waals surface area contributed by atoms with Crippen molar-refractivity contribution in [2.75, 3.05) is 5.73 Å². The Morgan fingerprint density at radius 1 is 1.25 bits per heavy atom. The topological polar surface area (TPSA) is 52.0 Å². The molecule has 3 heteroatoms. The Morgan fingerprint density at radius 2 is 1.94 bits per heavy atom. The third kappa shape index (κ3) is 1.18. The van der Waals surface area contributed by atoms with Crippen molar-refractivity contribution < 1.29 is 4.52 Å². The van der Waals surface area contributed by atoms with Gasteiger partial charge in [0.05, 0.1) is 5.41 Å². The molecule has 1 aromatic carbocycles. The summed E-state index contributed by atoms with van der Waals surface area (Å²) in [7, 11) is 0. The van der Waals surface area contributed by atoms with Crippen molar-refractivity contribution >= 4 is 5.82 Å². The molecule has 82 valence electrons. The third-order valence-electron chi connectivity index (χ3n) is 3.47. The molecule has 0 spiro atoms. The fraction of sp³-hybridized carbons (Fsp3) is 0.308. The minimum absolute atomic E-state index is 0.0377. The van der Waals surface area contributed by atoms with Gasteiger partial charge in [-0.3, -0.25) is 0 Å². The van der Waals surface area contributed by atoms with Gasteiger partial charge in [-0.15, -0.1) is 0 Å². The molecule has 3 rings (SSSR count). The molecule has 0 amide bonds. The second kappa shape index (κ2) is 3.11. The number of anilines is 1. The molecule has 0 atom stereocenters. The van der Waals surface area contributed by atoms with Gasteiger partial charge in [-0.05, 0) is 25.3 Å². The molecule has 1 heterocycles. The molecule has 2 N–H and O–H groups in total. The molecule has 0 bridgehead atoms. The predicted octanol–water partition coefficient (Wildman–Crippen LogP) is 2.65. The van der Waals surface area contributed by atoms with Crippen LogP contribution >= 0.6 is 0 Å². The summed E-state index contributed by atoms with van der Waals surface area (Å²) >= 11 is 0. The molecule has 0 saturated heterocycles. The molecule has 0 radical (unpaired) electrons. The zero-order valence-corrected chi connectivity index (χ0v) is 9.23. The van der Waals surface area contributed by atoms with Crippen molar-refractivity contribution in [3.8, 4) is 0 Å². The first-order chi connectivity index (χ1) is 7.74. The van der Waals surface area contributed by atoms with Crippen molar-refractivity contribution in [3.63, 3.8) is 0 Å². The predicted molar refractivity (Wildman–Crippen MR) is 62.1 cm³/mol. The molecule has 1 aliphatic rings. The number of nitrogens with zero attached hydrogens (tertiary/aromatic N) is 1. The van der Waals surface area contributed by atoms with Gasteiger partial charge >= 0.3 is 0 Å². The maximum atomic E-state index is 5.74. The Bertz CT molecular complexity index is 512. The summed E-state index contributed by atoms with van der Waals surface area (Å²) in [5, 5.41) is 3.85. The first kappa shape index (κ1) is 9.46. The van der Waals surface area contributed by atoms with E-state index < -0.39 is 0 Å². The molecule has 0 aliphatic heterocycles. The fourth-order valence-electron chi connectivity index (χ4n) is 2.32. The number of hydrogen-bond donors (Lipinski definition) is 1. The Morgan fingerprint density at radius 3 is 2.44 bits per heavy atom. The van der Waals surface area contributed by atoms with E-state index in [-0.39, 0.29) is 5.41 Å². The maximum Gasteiger partial charge on any atom is 0.170 e. The summed E-state index contributed by atoms with van der Waals surface area (Å²) in [6.45, 7) is 1.98. The second-order valence-electron chi connectivity index (χ2n) is 4.47. The van der Waals surface area contributed by atoms with E-state index in [1.165, 1.54) is 5.56 Å². The number of benzene rings is 1. The van der Waals surface area contributed by atoms with Crippen LogP contribution in [0.3, 0.4) is 0 Å². The summed E-state index contributed by atoms with van der Waals surface area (Å²) < 4.78 is 5.40. The van der Waals surface area contributed by atoms with Crippen molar-refractivity contribution in [1.82, 2.24) is 5.16 Å². The first-order valence-electron chi connectivity index (χ1n) is 5.52. The van der Waals surface area contributed by atoms with Crippen molar-refractivity contribution in [3.05, 3.63) is 47.2 Å². The van der Waals surface area contributed by atoms with Gasteiger partial charge in [-0.2, -0.15) is 0 Å². The molecule has 16 heavy (non-hydrogen) atoms. The first-order valence-corrected chi connectivity index (χ1v) is 5.52. The summed E-state index contributed by atoms with van der Waals surface area (Å²) in [4.78, 5) is 0. The molecule has 1 saturated carbocycles. The normalized spacial score (nSPS) is 17.3. The number of rotatable bonds is 2. The lowest BCUT2D eigenvalue weighted by atomic mass is 9.91. The summed E-state index contributed by atoms with van der Waals surface area (Å²) in [6.07, 6.45) is 2.24. The van der Waals surface area contributed by atoms with E-state index in [0.29, 0.717) is 5.82 Å². The number of hydrogen-bond acceptors (Lipinski definition) is 3. The molecule has 3 nitrogen and oxygen atoms in total. The number of nitrogen functional groups attached to an aromatic ring is 1. The molecule has 2 aromatic rings. The Labute approximate surface area is 94.2 Å². The molecule has 1 aromatic heterocycles. The minimum atomic E-state index is 0.0377. The van der Waals surface area contributed by atoms with Crippen LogP contribution in [0.5, 0.6) is 0 Å². The highest BCUT2D eigenvalue weighted by atomic mass is 16.5. The van der Waals surface area contributed by atoms with Gasteiger partial charge in [-0.1, -0.05) is 35.5 Å². The molecular formula is C13H14N2O. The van der Waals surface area contributed by atoms with E-state index in [0.717, 1.165) is 24.2 Å². The van der Waals surface area contributed by atoms with E-state index >= 15 is 0 Å². The monoisotopic (exact) mass is 214 g/mol. The minimum Gasteiger partial charge on any atom is -0.381 e. The molecule has 1 fully saturated rings. The van der Waals surface area contributed by atoms with E-state index in [1.54, 1.807) is 0 Å². The molecule has 1 aliphatic carbocycles. The lowest BCUT2D eigenvalue weighted by Gasteiger charge is -2.12. The second-order valence-corrected chi connectivity index (χ2v) is 4.47. The largest absolute Gasteiger partial charge is 0.381 e. The van der Waals surface area contributed by atoms with Crippen LogP contribution in [0.4, 0.5) is 5.82 Å². The summed E-state index contributed by atoms with van der Waals surface area (Å²) in [6, 6.07) is 10.4. The average molecular weight is 214 g/mol. The van der Waals surface area contributed by atoms with E-state index in [1.807, 2.05) is 13.0 Å². The van der Waals surface area contributed by atoms with Gasteiger partial charge < -0.3 is 10.3 Å². The quantitative estimate of drug-likeness (QED) is 0.836. The van der Waals surface area contributed by atoms with Gasteiger partial charge in [0.2, 0.25) is 0 Å². The van der Waals surface area contributed by atoms with Crippen LogP contribution in [0.1, 0.15) is 29.7 Å². The fourth-order valence-corrected chi connectivity index (χ4v) is 2.32. The van der Waals surface area contributed by atoms with Gasteiger partial charge in [0.15, 0.2) is 11.6 Å². The number of aromatic nitrogens is 1. The van der Waals surface area contributed by atoms with Crippen molar-refractivity contribution in [2.24, 2.45) is 0 Å². The summed E-state index contributed by atoms with van der Waals surface area (Å²) in [5.74, 6) is 1.45. The zero-order chi connectivity index (χ0) is 11.2. The van der Waals surface area contributed by atoms with Crippen LogP contribution in [0.15, 0.2) is 34.9 Å². The lowest BCUT2D eigenvalue weighted by Crippen LogP contribution is -2.08. The van der Waals surface area contributed by atoms with Gasteiger partial charge in [0.1, 0.15) is 0 Å². The van der Waals surface area contributed by atoms with E-state index in [9.17, 15) is 0 Å². The number of nitrogens with two attached hydrogens (primary N) is 1. The third-order valence-corrected chi connectivity index (χ3v) is 3.47. The van der Waals surface area contributed by atoms with Gasteiger partial charge in [0, 0.05) is 5.56 Å². The molecule has 0 unspecified atom stereocenters. The Hall–Kier alpha value is -1.77. The Kier molecular flexibility index (Phi) is 1.84. The van der Waals surface area contributed by atoms with Crippen LogP contribution in [0, 0.1) is 6.92 Å². The van der Waals surface area contributed by atoms with Crippen LogP contribution in [-0.2, 0) is 5.41 Å². The smallest absolute Gasteiger partial charge is 0.170 e. The highest BCUT2D eigenvalue weighted by Crippen LogP contribution is 2.54. The van der Waals surface area contributed by atoms with Gasteiger partial charge in [-0.25, -0.2) is 0 Å². The van der Waals surface area contributed by atoms with Crippen LogP contribution in [-0.4, -0.2) is 5.16 Å². The lowest BCUT2D eigenvalue weighted by molar-refractivity contribution is 0.367. The van der Waals surface area contributed by atoms with Crippen LogP contribution in [0.2, 0.25) is 0 Å².